The van der Waals surface area contributed by atoms with Crippen molar-refractivity contribution in [3.05, 3.63) is 11.8 Å². The first kappa shape index (κ1) is 15.5. The third kappa shape index (κ3) is 6.60. The average molecular weight is 243 g/mol. The van der Waals surface area contributed by atoms with Crippen molar-refractivity contribution in [2.75, 3.05) is 13.1 Å². The fourth-order valence-electron chi connectivity index (χ4n) is 1.46. The molecule has 0 atom stereocenters. The Balaban J connectivity index is 4.79. The molecule has 0 spiro atoms. The molecule has 0 rings (SSSR count). The van der Waals surface area contributed by atoms with E-state index in [2.05, 4.69) is 0 Å². The molecule has 0 aromatic heterocycles. The van der Waals surface area contributed by atoms with Crippen LogP contribution in [-0.2, 0) is 9.59 Å². The average Bonchev–Trinajstić information content (AvgIpc) is 2.26. The molecule has 0 heterocycles. The van der Waals surface area contributed by atoms with Crippen molar-refractivity contribution in [3.63, 3.8) is 0 Å². The quantitative estimate of drug-likeness (QED) is 0.605. The van der Waals surface area contributed by atoms with E-state index < -0.39 is 11.9 Å². The zero-order valence-electron chi connectivity index (χ0n) is 10.5. The highest BCUT2D eigenvalue weighted by Crippen LogP contribution is 2.09. The highest BCUT2D eigenvalue weighted by Gasteiger charge is 2.17. The Labute approximate surface area is 102 Å². The Bertz CT molecular complexity index is 278. The SMILES string of the molecule is CCCCN(CCCC)C(=CC(=O)O)C(=O)O. The monoisotopic (exact) mass is 243 g/mol. The van der Waals surface area contributed by atoms with E-state index in [1.165, 1.54) is 0 Å². The molecule has 0 bridgehead atoms. The topological polar surface area (TPSA) is 77.8 Å². The standard InChI is InChI=1S/C12H21NO4/c1-3-5-7-13(8-6-4-2)10(12(16)17)9-11(14)15/h9H,3-8H2,1-2H3,(H,14,15)(H,16,17). The summed E-state index contributed by atoms with van der Waals surface area (Å²) in [4.78, 5) is 23.3. The van der Waals surface area contributed by atoms with Gasteiger partial charge in [-0.25, -0.2) is 9.59 Å². The fourth-order valence-corrected chi connectivity index (χ4v) is 1.46. The normalized spacial score (nSPS) is 11.3. The minimum absolute atomic E-state index is 0.126. The Morgan fingerprint density at radius 2 is 1.53 bits per heavy atom. The van der Waals surface area contributed by atoms with Crippen LogP contribution in [0.3, 0.4) is 0 Å². The molecule has 0 amide bonds. The predicted molar refractivity (Wildman–Crippen MR) is 64.7 cm³/mol. The molecule has 98 valence electrons. The van der Waals surface area contributed by atoms with Crippen LogP contribution in [0.15, 0.2) is 11.8 Å². The highest BCUT2D eigenvalue weighted by atomic mass is 16.4. The first-order valence-corrected chi connectivity index (χ1v) is 5.95. The molecule has 0 fully saturated rings. The smallest absolute Gasteiger partial charge is 0.352 e. The molecule has 17 heavy (non-hydrogen) atoms. The Morgan fingerprint density at radius 3 is 1.82 bits per heavy atom. The van der Waals surface area contributed by atoms with Crippen molar-refractivity contribution in [1.82, 2.24) is 4.90 Å². The first-order valence-electron chi connectivity index (χ1n) is 5.95. The van der Waals surface area contributed by atoms with Crippen LogP contribution in [-0.4, -0.2) is 40.1 Å². The predicted octanol–water partition coefficient (Wildman–Crippen LogP) is 1.94. The lowest BCUT2D eigenvalue weighted by Gasteiger charge is -2.24. The zero-order valence-corrected chi connectivity index (χ0v) is 10.5. The Kier molecular flexibility index (Phi) is 7.84. The maximum absolute atomic E-state index is 11.0. The van der Waals surface area contributed by atoms with Crippen LogP contribution in [0.25, 0.3) is 0 Å². The van der Waals surface area contributed by atoms with E-state index in [-0.39, 0.29) is 5.70 Å². The molecule has 0 saturated carbocycles. The van der Waals surface area contributed by atoms with Gasteiger partial charge in [-0.3, -0.25) is 0 Å². The van der Waals surface area contributed by atoms with Gasteiger partial charge in [0, 0.05) is 13.1 Å². The van der Waals surface area contributed by atoms with Crippen LogP contribution in [0.5, 0.6) is 0 Å². The van der Waals surface area contributed by atoms with Crippen LogP contribution >= 0.6 is 0 Å². The van der Waals surface area contributed by atoms with Gasteiger partial charge in [0.2, 0.25) is 0 Å². The molecule has 0 aliphatic carbocycles. The Morgan fingerprint density at radius 1 is 1.06 bits per heavy atom. The molecule has 0 aromatic rings. The van der Waals surface area contributed by atoms with Crippen LogP contribution in [0.4, 0.5) is 0 Å². The van der Waals surface area contributed by atoms with Gasteiger partial charge < -0.3 is 15.1 Å². The van der Waals surface area contributed by atoms with Crippen LogP contribution < -0.4 is 0 Å². The summed E-state index contributed by atoms with van der Waals surface area (Å²) in [5, 5.41) is 17.7. The second-order valence-corrected chi connectivity index (χ2v) is 3.87. The van der Waals surface area contributed by atoms with Crippen molar-refractivity contribution < 1.29 is 19.8 Å². The first-order chi connectivity index (χ1) is 8.02. The van der Waals surface area contributed by atoms with Gasteiger partial charge in [-0.05, 0) is 12.8 Å². The molecule has 5 nitrogen and oxygen atoms in total. The van der Waals surface area contributed by atoms with Gasteiger partial charge in [-0.1, -0.05) is 26.7 Å². The molecule has 0 saturated heterocycles. The summed E-state index contributed by atoms with van der Waals surface area (Å²) in [5.74, 6) is -2.40. The minimum Gasteiger partial charge on any atom is -0.478 e. The summed E-state index contributed by atoms with van der Waals surface area (Å²) in [7, 11) is 0. The molecule has 0 unspecified atom stereocenters. The number of carboxylic acids is 2. The van der Waals surface area contributed by atoms with Crippen molar-refractivity contribution in [1.29, 1.82) is 0 Å². The molecule has 5 heteroatoms. The van der Waals surface area contributed by atoms with Gasteiger partial charge >= 0.3 is 11.9 Å². The number of rotatable bonds is 9. The third-order valence-corrected chi connectivity index (χ3v) is 2.38. The minimum atomic E-state index is -1.22. The Hall–Kier alpha value is -1.52. The number of carboxylic acid groups (broad SMARTS) is 2. The lowest BCUT2D eigenvalue weighted by molar-refractivity contribution is -0.136. The van der Waals surface area contributed by atoms with E-state index in [1.54, 1.807) is 4.90 Å². The molecule has 2 N–H and O–H groups in total. The summed E-state index contributed by atoms with van der Waals surface area (Å²) in [5.41, 5.74) is -0.126. The van der Waals surface area contributed by atoms with E-state index in [0.29, 0.717) is 13.1 Å². The molecular weight excluding hydrogens is 222 g/mol. The summed E-state index contributed by atoms with van der Waals surface area (Å²) < 4.78 is 0. The largest absolute Gasteiger partial charge is 0.478 e. The van der Waals surface area contributed by atoms with E-state index >= 15 is 0 Å². The molecule has 0 aliphatic rings. The zero-order chi connectivity index (χ0) is 13.3. The van der Waals surface area contributed by atoms with Gasteiger partial charge in [0.1, 0.15) is 5.70 Å². The number of hydrogen-bond acceptors (Lipinski definition) is 3. The van der Waals surface area contributed by atoms with Gasteiger partial charge in [0.25, 0.3) is 0 Å². The number of nitrogens with zero attached hydrogens (tertiary/aromatic N) is 1. The lowest BCUT2D eigenvalue weighted by atomic mass is 10.2. The summed E-state index contributed by atoms with van der Waals surface area (Å²) in [6.45, 7) is 5.20. The molecule has 0 aromatic carbocycles. The molecule has 0 aliphatic heterocycles. The number of hydrogen-bond donors (Lipinski definition) is 2. The number of carbonyl (C=O) groups is 2. The van der Waals surface area contributed by atoms with E-state index in [0.717, 1.165) is 31.8 Å². The third-order valence-electron chi connectivity index (χ3n) is 2.38. The van der Waals surface area contributed by atoms with Crippen LogP contribution in [0.2, 0.25) is 0 Å². The maximum Gasteiger partial charge on any atom is 0.352 e. The molecular formula is C12H21NO4. The highest BCUT2D eigenvalue weighted by molar-refractivity contribution is 5.94. The van der Waals surface area contributed by atoms with Gasteiger partial charge in [0.15, 0.2) is 0 Å². The fraction of sp³-hybridized carbons (Fsp3) is 0.667. The maximum atomic E-state index is 11.0. The van der Waals surface area contributed by atoms with E-state index in [9.17, 15) is 9.59 Å². The lowest BCUT2D eigenvalue weighted by Crippen LogP contribution is -2.30. The second-order valence-electron chi connectivity index (χ2n) is 3.87. The summed E-state index contributed by atoms with van der Waals surface area (Å²) in [6, 6.07) is 0. The van der Waals surface area contributed by atoms with E-state index in [1.807, 2.05) is 13.8 Å². The summed E-state index contributed by atoms with van der Waals surface area (Å²) in [6.07, 6.45) is 4.38. The van der Waals surface area contributed by atoms with Gasteiger partial charge in [-0.15, -0.1) is 0 Å². The van der Waals surface area contributed by atoms with Crippen molar-refractivity contribution in [3.8, 4) is 0 Å². The van der Waals surface area contributed by atoms with Gasteiger partial charge in [0.05, 0.1) is 6.08 Å². The van der Waals surface area contributed by atoms with Crippen LogP contribution in [0.1, 0.15) is 39.5 Å². The van der Waals surface area contributed by atoms with Crippen molar-refractivity contribution in [2.24, 2.45) is 0 Å². The van der Waals surface area contributed by atoms with Crippen molar-refractivity contribution >= 4 is 11.9 Å². The van der Waals surface area contributed by atoms with Crippen molar-refractivity contribution in [2.45, 2.75) is 39.5 Å². The van der Waals surface area contributed by atoms with Crippen LogP contribution in [0, 0.1) is 0 Å². The van der Waals surface area contributed by atoms with E-state index in [4.69, 9.17) is 10.2 Å². The number of aliphatic carboxylic acids is 2. The van der Waals surface area contributed by atoms with Gasteiger partial charge in [-0.2, -0.15) is 0 Å². The second kappa shape index (κ2) is 8.61. The number of unbranched alkanes of at least 4 members (excludes halogenated alkanes) is 2. The molecule has 0 radical (unpaired) electrons. The summed E-state index contributed by atoms with van der Waals surface area (Å²) >= 11 is 0.